The Kier molecular flexibility index (Phi) is 12.1. The molecule has 8 aromatic rings. The molecule has 0 saturated carbocycles. The predicted molar refractivity (Wildman–Crippen MR) is 236 cm³/mol. The summed E-state index contributed by atoms with van der Waals surface area (Å²) in [5.74, 6) is 2.54. The third-order valence-electron chi connectivity index (χ3n) is 9.85. The van der Waals surface area contributed by atoms with Gasteiger partial charge >= 0.3 is 0 Å². The molecular weight excluding hydrogens is 781 g/mol. The van der Waals surface area contributed by atoms with Crippen LogP contribution in [0.2, 0.25) is 0 Å². The van der Waals surface area contributed by atoms with Crippen LogP contribution in [0.25, 0.3) is 22.8 Å². The number of carbonyl (C=O) groups excluding carboxylic acids is 2. The number of aryl methyl sites for hydroxylation is 5. The molecule has 310 valence electrons. The molecule has 0 saturated heterocycles. The van der Waals surface area contributed by atoms with E-state index in [0.717, 1.165) is 39.5 Å². The minimum Gasteiger partial charge on any atom is -0.347 e. The number of amides is 2. The molecule has 6 N–H and O–H groups in total. The van der Waals surface area contributed by atoms with Crippen LogP contribution in [0.4, 0.5) is 23.3 Å². The lowest BCUT2D eigenvalue weighted by molar-refractivity contribution is 0.0930. The van der Waals surface area contributed by atoms with E-state index in [1.165, 1.54) is 0 Å². The number of rotatable bonds is 15. The van der Waals surface area contributed by atoms with Gasteiger partial charge in [-0.3, -0.25) is 29.8 Å². The first-order chi connectivity index (χ1) is 30.1. The number of aromatic nitrogens is 10. The number of aromatic amines is 2. The first-order valence-corrected chi connectivity index (χ1v) is 20.1. The molecule has 16 nitrogen and oxygen atoms in total. The molecular formula is C46H44N14O2. The van der Waals surface area contributed by atoms with Gasteiger partial charge < -0.3 is 21.3 Å². The van der Waals surface area contributed by atoms with Gasteiger partial charge in [-0.05, 0) is 75.9 Å². The molecule has 0 spiro atoms. The van der Waals surface area contributed by atoms with Crippen LogP contribution in [-0.4, -0.2) is 62.1 Å². The van der Waals surface area contributed by atoms with Crippen molar-refractivity contribution >= 4 is 35.1 Å². The van der Waals surface area contributed by atoms with Crippen molar-refractivity contribution in [1.82, 2.24) is 60.9 Å². The summed E-state index contributed by atoms with van der Waals surface area (Å²) in [6.07, 6.45) is 4.15. The number of carbonyl (C=O) groups is 2. The van der Waals surface area contributed by atoms with E-state index in [2.05, 4.69) is 51.6 Å². The Morgan fingerprint density at radius 1 is 0.597 bits per heavy atom. The van der Waals surface area contributed by atoms with Crippen molar-refractivity contribution < 1.29 is 9.59 Å². The maximum absolute atomic E-state index is 13.1. The van der Waals surface area contributed by atoms with Gasteiger partial charge in [0.2, 0.25) is 0 Å². The molecule has 0 unspecified atom stereocenters. The van der Waals surface area contributed by atoms with Crippen LogP contribution in [0.15, 0.2) is 116 Å². The smallest absolute Gasteiger partial charge is 0.270 e. The van der Waals surface area contributed by atoms with E-state index >= 15 is 0 Å². The normalized spacial score (nSPS) is 11.5. The fraction of sp³-hybridized carbons (Fsp3) is 0.174. The number of benzene rings is 2. The number of nitrogens with zero attached hydrogens (tertiary/aromatic N) is 8. The summed E-state index contributed by atoms with van der Waals surface area (Å²) in [5.41, 5.74) is 8.20. The van der Waals surface area contributed by atoms with Gasteiger partial charge in [0.1, 0.15) is 23.0 Å². The highest BCUT2D eigenvalue weighted by molar-refractivity contribution is 5.93. The molecule has 0 aliphatic rings. The second kappa shape index (κ2) is 18.4. The van der Waals surface area contributed by atoms with Crippen LogP contribution < -0.4 is 21.3 Å². The van der Waals surface area contributed by atoms with Crippen molar-refractivity contribution in [2.45, 2.75) is 53.1 Å². The average molecular weight is 825 g/mol. The molecule has 8 rings (SSSR count). The molecule has 0 radical (unpaired) electrons. The van der Waals surface area contributed by atoms with Gasteiger partial charge in [0.15, 0.2) is 23.3 Å². The van der Waals surface area contributed by atoms with E-state index in [4.69, 9.17) is 19.9 Å². The van der Waals surface area contributed by atoms with Gasteiger partial charge in [-0.2, -0.15) is 10.2 Å². The SMILES string of the molecule is Cc1ccc(CNC(=O)c2ccc(-c3nc(CCc4cc(Nc5cc(C)[nH]n5)nc(-c5ccc(C(=O)N[C@H](C)c6ccccc6)nc5)n4)cc(Nc4cc(C)[nH]n4)n3)cn2)cc1. The van der Waals surface area contributed by atoms with Crippen molar-refractivity contribution in [1.29, 1.82) is 0 Å². The van der Waals surface area contributed by atoms with Crippen molar-refractivity contribution in [2.75, 3.05) is 10.6 Å². The fourth-order valence-corrected chi connectivity index (χ4v) is 6.52. The molecule has 16 heteroatoms. The zero-order valence-corrected chi connectivity index (χ0v) is 34.6. The number of hydrogen-bond donors (Lipinski definition) is 6. The lowest BCUT2D eigenvalue weighted by Gasteiger charge is -2.14. The largest absolute Gasteiger partial charge is 0.347 e. The maximum Gasteiger partial charge on any atom is 0.270 e. The molecule has 6 aromatic heterocycles. The summed E-state index contributed by atoms with van der Waals surface area (Å²) in [7, 11) is 0. The van der Waals surface area contributed by atoms with Crippen molar-refractivity contribution in [3.63, 3.8) is 0 Å². The Balaban J connectivity index is 1.03. The summed E-state index contributed by atoms with van der Waals surface area (Å²) in [5, 5.41) is 27.0. The Morgan fingerprint density at radius 3 is 1.61 bits per heavy atom. The number of anilines is 4. The lowest BCUT2D eigenvalue weighted by Crippen LogP contribution is -2.27. The Morgan fingerprint density at radius 2 is 1.13 bits per heavy atom. The van der Waals surface area contributed by atoms with Crippen molar-refractivity contribution in [3.05, 3.63) is 166 Å². The maximum atomic E-state index is 13.1. The summed E-state index contributed by atoms with van der Waals surface area (Å²) in [4.78, 5) is 54.4. The van der Waals surface area contributed by atoms with Gasteiger partial charge in [-0.1, -0.05) is 60.2 Å². The summed E-state index contributed by atoms with van der Waals surface area (Å²) < 4.78 is 0. The van der Waals surface area contributed by atoms with E-state index in [9.17, 15) is 9.59 Å². The van der Waals surface area contributed by atoms with Crippen molar-refractivity contribution in [3.8, 4) is 22.8 Å². The predicted octanol–water partition coefficient (Wildman–Crippen LogP) is 7.46. The molecule has 2 aromatic carbocycles. The summed E-state index contributed by atoms with van der Waals surface area (Å²) in [6, 6.07) is 32.0. The average Bonchev–Trinajstić information content (AvgIpc) is 3.91. The summed E-state index contributed by atoms with van der Waals surface area (Å²) >= 11 is 0. The quantitative estimate of drug-likeness (QED) is 0.0594. The topological polar surface area (TPSA) is 217 Å². The standard InChI is InChI=1S/C46H44N14O2/c1-27-10-12-31(13-11-27)24-49-45(61)37-18-14-33(25-47-37)43-51-35(22-39(55-43)53-41-20-28(2)57-59-41)16-17-36-23-40(54-42-21-29(3)58-60-42)56-44(52-36)34-15-19-38(48-26-34)46(62)50-30(4)32-8-6-5-7-9-32/h5-15,18-23,25-26,30H,16-17,24H2,1-4H3,(H,49,61)(H,50,62)(H2,51,53,55,57,59)(H2,52,54,56,58,60)/t30-/m1/s1. The molecule has 0 aliphatic heterocycles. The number of H-pyrrole nitrogens is 2. The van der Waals surface area contributed by atoms with Gasteiger partial charge in [0, 0.05) is 77.1 Å². The molecule has 0 aliphatic carbocycles. The number of pyridine rings is 2. The Labute approximate surface area is 357 Å². The van der Waals surface area contributed by atoms with Crippen LogP contribution in [0.1, 0.15) is 73.4 Å². The minimum absolute atomic E-state index is 0.192. The third kappa shape index (κ3) is 10.3. The van der Waals surface area contributed by atoms with Crippen LogP contribution in [0.3, 0.4) is 0 Å². The second-order valence-electron chi connectivity index (χ2n) is 14.9. The molecule has 6 heterocycles. The highest BCUT2D eigenvalue weighted by Crippen LogP contribution is 2.24. The van der Waals surface area contributed by atoms with Gasteiger partial charge in [0.05, 0.1) is 6.04 Å². The van der Waals surface area contributed by atoms with E-state index < -0.39 is 0 Å². The van der Waals surface area contributed by atoms with E-state index in [-0.39, 0.29) is 29.2 Å². The molecule has 2 amide bonds. The van der Waals surface area contributed by atoms with E-state index in [1.54, 1.807) is 36.7 Å². The molecule has 1 atom stereocenters. The van der Waals surface area contributed by atoms with Crippen molar-refractivity contribution in [2.24, 2.45) is 0 Å². The second-order valence-corrected chi connectivity index (χ2v) is 14.9. The van der Waals surface area contributed by atoms with E-state index in [1.807, 2.05) is 107 Å². The zero-order chi connectivity index (χ0) is 43.0. The third-order valence-corrected chi connectivity index (χ3v) is 9.85. The Bertz CT molecular complexity index is 2800. The first-order valence-electron chi connectivity index (χ1n) is 20.1. The number of nitrogens with one attached hydrogen (secondary N) is 6. The molecule has 0 bridgehead atoms. The summed E-state index contributed by atoms with van der Waals surface area (Å²) in [6.45, 7) is 8.18. The highest BCUT2D eigenvalue weighted by Gasteiger charge is 2.16. The lowest BCUT2D eigenvalue weighted by atomic mass is 10.1. The van der Waals surface area contributed by atoms with Gasteiger partial charge in [-0.15, -0.1) is 0 Å². The molecule has 62 heavy (non-hydrogen) atoms. The monoisotopic (exact) mass is 824 g/mol. The van der Waals surface area contributed by atoms with Crippen LogP contribution in [0.5, 0.6) is 0 Å². The Hall–Kier alpha value is -8.14. The number of hydrogen-bond acceptors (Lipinski definition) is 12. The van der Waals surface area contributed by atoms with Gasteiger partial charge in [0.25, 0.3) is 11.8 Å². The van der Waals surface area contributed by atoms with Crippen LogP contribution >= 0.6 is 0 Å². The van der Waals surface area contributed by atoms with Crippen LogP contribution in [0, 0.1) is 20.8 Å². The minimum atomic E-state index is -0.287. The van der Waals surface area contributed by atoms with Crippen LogP contribution in [-0.2, 0) is 19.4 Å². The molecule has 0 fully saturated rings. The highest BCUT2D eigenvalue weighted by atomic mass is 16.2. The van der Waals surface area contributed by atoms with E-state index in [0.29, 0.717) is 65.4 Å². The zero-order valence-electron chi connectivity index (χ0n) is 34.6. The van der Waals surface area contributed by atoms with Gasteiger partial charge in [-0.25, -0.2) is 19.9 Å². The first kappa shape index (κ1) is 40.6. The fourth-order valence-electron chi connectivity index (χ4n) is 6.52.